The fourth-order valence-corrected chi connectivity index (χ4v) is 4.33. The van der Waals surface area contributed by atoms with Crippen molar-refractivity contribution < 1.29 is 14.6 Å². The predicted octanol–water partition coefficient (Wildman–Crippen LogP) is 4.01. The number of nitrogens with zero attached hydrogens (tertiary/aromatic N) is 3. The van der Waals surface area contributed by atoms with Crippen LogP contribution < -0.4 is 4.90 Å². The molecule has 2 heterocycles. The SMILES string of the molecule is O=[N+]([O-])c1cccc(C2(O)C[N+]3=C(CCCCC3)N2c2ccc(Br)cc2)c1. The number of hydrogen-bond acceptors (Lipinski definition) is 4. The van der Waals surface area contributed by atoms with Gasteiger partial charge in [-0.05, 0) is 43.5 Å². The molecule has 1 unspecified atom stereocenters. The first-order valence-electron chi connectivity index (χ1n) is 9.13. The van der Waals surface area contributed by atoms with Crippen LogP contribution in [0.15, 0.2) is 53.0 Å². The van der Waals surface area contributed by atoms with Gasteiger partial charge in [0.15, 0.2) is 6.54 Å². The van der Waals surface area contributed by atoms with Gasteiger partial charge >= 0.3 is 0 Å². The zero-order valence-corrected chi connectivity index (χ0v) is 16.4. The maximum Gasteiger partial charge on any atom is 0.275 e. The Morgan fingerprint density at radius 2 is 1.93 bits per heavy atom. The van der Waals surface area contributed by atoms with Crippen molar-refractivity contribution in [2.45, 2.75) is 31.4 Å². The van der Waals surface area contributed by atoms with Gasteiger partial charge in [0.25, 0.3) is 17.2 Å². The molecule has 1 atom stereocenters. The molecule has 0 saturated carbocycles. The van der Waals surface area contributed by atoms with Crippen molar-refractivity contribution in [1.29, 1.82) is 0 Å². The van der Waals surface area contributed by atoms with E-state index in [4.69, 9.17) is 0 Å². The molecule has 2 aliphatic rings. The normalized spacial score (nSPS) is 22.5. The summed E-state index contributed by atoms with van der Waals surface area (Å²) in [6, 6.07) is 14.2. The highest BCUT2D eigenvalue weighted by Gasteiger charge is 2.54. The van der Waals surface area contributed by atoms with E-state index in [2.05, 4.69) is 20.5 Å². The molecule has 0 radical (unpaired) electrons. The van der Waals surface area contributed by atoms with Crippen molar-refractivity contribution in [2.24, 2.45) is 0 Å². The number of non-ortho nitro benzene ring substituents is 1. The number of hydrogen-bond donors (Lipinski definition) is 1. The minimum Gasteiger partial charge on any atom is -0.346 e. The van der Waals surface area contributed by atoms with E-state index in [1.807, 2.05) is 29.2 Å². The van der Waals surface area contributed by atoms with E-state index < -0.39 is 10.6 Å². The van der Waals surface area contributed by atoms with Crippen molar-refractivity contribution in [3.8, 4) is 0 Å². The second kappa shape index (κ2) is 7.05. The summed E-state index contributed by atoms with van der Waals surface area (Å²) in [6.07, 6.45) is 4.21. The molecule has 2 aromatic rings. The number of benzene rings is 2. The van der Waals surface area contributed by atoms with Crippen molar-refractivity contribution in [2.75, 3.05) is 18.0 Å². The standard InChI is InChI=1S/C20H21BrN3O3/c21-16-8-10-17(11-9-16)23-19-7-2-1-3-12-22(19)14-20(23,25)15-5-4-6-18(13-15)24(26)27/h4-6,8-11,13,25H,1-3,7,12,14H2/q+1. The molecule has 7 heteroatoms. The lowest BCUT2D eigenvalue weighted by molar-refractivity contribution is -0.534. The van der Waals surface area contributed by atoms with Gasteiger partial charge in [0.05, 0.1) is 11.5 Å². The van der Waals surface area contributed by atoms with Crippen molar-refractivity contribution in [3.63, 3.8) is 0 Å². The van der Waals surface area contributed by atoms with Gasteiger partial charge in [0.2, 0.25) is 0 Å². The van der Waals surface area contributed by atoms with Crippen LogP contribution in [-0.2, 0) is 5.72 Å². The number of amidine groups is 1. The summed E-state index contributed by atoms with van der Waals surface area (Å²) in [7, 11) is 0. The quantitative estimate of drug-likeness (QED) is 0.453. The highest BCUT2D eigenvalue weighted by molar-refractivity contribution is 9.10. The van der Waals surface area contributed by atoms with Crippen molar-refractivity contribution in [1.82, 2.24) is 0 Å². The summed E-state index contributed by atoms with van der Waals surface area (Å²) in [6.45, 7) is 1.29. The third-order valence-corrected chi connectivity index (χ3v) is 5.87. The summed E-state index contributed by atoms with van der Waals surface area (Å²) in [4.78, 5) is 12.8. The van der Waals surface area contributed by atoms with Crippen LogP contribution in [-0.4, -0.2) is 33.5 Å². The maximum atomic E-state index is 11.8. The second-order valence-corrected chi connectivity index (χ2v) is 8.00. The molecule has 1 N–H and O–H groups in total. The minimum absolute atomic E-state index is 0.0104. The summed E-state index contributed by atoms with van der Waals surface area (Å²) in [5, 5.41) is 23.1. The molecule has 4 rings (SSSR count). The zero-order valence-electron chi connectivity index (χ0n) is 14.8. The van der Waals surface area contributed by atoms with Gasteiger partial charge in [-0.2, -0.15) is 4.90 Å². The van der Waals surface area contributed by atoms with Crippen LogP contribution in [0.25, 0.3) is 0 Å². The van der Waals surface area contributed by atoms with E-state index in [1.165, 1.54) is 18.6 Å². The Bertz CT molecular complexity index is 913. The van der Waals surface area contributed by atoms with Crippen LogP contribution in [0, 0.1) is 10.1 Å². The van der Waals surface area contributed by atoms with E-state index >= 15 is 0 Å². The van der Waals surface area contributed by atoms with E-state index in [9.17, 15) is 15.2 Å². The fraction of sp³-hybridized carbons (Fsp3) is 0.350. The number of anilines is 1. The van der Waals surface area contributed by atoms with Crippen LogP contribution in [0.4, 0.5) is 11.4 Å². The molecule has 0 amide bonds. The van der Waals surface area contributed by atoms with E-state index in [0.29, 0.717) is 12.1 Å². The van der Waals surface area contributed by atoms with E-state index in [0.717, 1.165) is 41.8 Å². The van der Waals surface area contributed by atoms with Crippen LogP contribution in [0.2, 0.25) is 0 Å². The average Bonchev–Trinajstić information content (AvgIpc) is 2.79. The van der Waals surface area contributed by atoms with Gasteiger partial charge in [-0.25, -0.2) is 0 Å². The van der Waals surface area contributed by atoms with E-state index in [1.54, 1.807) is 12.1 Å². The number of halogens is 1. The topological polar surface area (TPSA) is 69.6 Å². The first kappa shape index (κ1) is 18.1. The highest BCUT2D eigenvalue weighted by Crippen LogP contribution is 2.39. The molecule has 2 aliphatic heterocycles. The lowest BCUT2D eigenvalue weighted by atomic mass is 9.99. The lowest BCUT2D eigenvalue weighted by Crippen LogP contribution is -2.47. The molecule has 0 spiro atoms. The smallest absolute Gasteiger partial charge is 0.275 e. The molecule has 0 aromatic heterocycles. The first-order chi connectivity index (χ1) is 13.0. The van der Waals surface area contributed by atoms with Gasteiger partial charge in [-0.1, -0.05) is 28.1 Å². The molecule has 0 saturated heterocycles. The van der Waals surface area contributed by atoms with Crippen LogP contribution in [0.5, 0.6) is 0 Å². The summed E-state index contributed by atoms with van der Waals surface area (Å²) in [5.74, 6) is 1.09. The number of aliphatic hydroxyl groups is 1. The Morgan fingerprint density at radius 3 is 2.67 bits per heavy atom. The first-order valence-corrected chi connectivity index (χ1v) is 9.92. The van der Waals surface area contributed by atoms with Crippen molar-refractivity contribution in [3.05, 3.63) is 68.7 Å². The Balaban J connectivity index is 1.84. The molecule has 0 aliphatic carbocycles. The summed E-state index contributed by atoms with van der Waals surface area (Å²) in [5.41, 5.74) is 0.0718. The monoisotopic (exact) mass is 430 g/mol. The Labute approximate surface area is 166 Å². The van der Waals surface area contributed by atoms with Gasteiger partial charge in [0.1, 0.15) is 5.69 Å². The van der Waals surface area contributed by atoms with Gasteiger partial charge in [0, 0.05) is 28.6 Å². The molecule has 0 bridgehead atoms. The molecular weight excluding hydrogens is 410 g/mol. The Morgan fingerprint density at radius 1 is 1.15 bits per heavy atom. The molecule has 6 nitrogen and oxygen atoms in total. The van der Waals surface area contributed by atoms with Gasteiger partial charge < -0.3 is 5.11 Å². The predicted molar refractivity (Wildman–Crippen MR) is 107 cm³/mol. The fourth-order valence-electron chi connectivity index (χ4n) is 4.07. The van der Waals surface area contributed by atoms with E-state index in [-0.39, 0.29) is 5.69 Å². The van der Waals surface area contributed by atoms with Crippen LogP contribution in [0.3, 0.4) is 0 Å². The van der Waals surface area contributed by atoms with Crippen LogP contribution >= 0.6 is 15.9 Å². The molecule has 0 fully saturated rings. The third kappa shape index (κ3) is 3.26. The molecule has 140 valence electrons. The Kier molecular flexibility index (Phi) is 4.74. The van der Waals surface area contributed by atoms with Crippen molar-refractivity contribution >= 4 is 33.1 Å². The Hall–Kier alpha value is -2.25. The molecule has 2 aromatic carbocycles. The maximum absolute atomic E-state index is 11.8. The second-order valence-electron chi connectivity index (χ2n) is 7.08. The third-order valence-electron chi connectivity index (χ3n) is 5.34. The minimum atomic E-state index is -1.34. The lowest BCUT2D eigenvalue weighted by Gasteiger charge is -2.29. The van der Waals surface area contributed by atoms with Crippen LogP contribution in [0.1, 0.15) is 31.2 Å². The number of nitro benzene ring substituents is 1. The number of rotatable bonds is 3. The highest BCUT2D eigenvalue weighted by atomic mass is 79.9. The van der Waals surface area contributed by atoms with Gasteiger partial charge in [-0.15, -0.1) is 0 Å². The largest absolute Gasteiger partial charge is 0.346 e. The average molecular weight is 431 g/mol. The zero-order chi connectivity index (χ0) is 19.0. The van der Waals surface area contributed by atoms with Gasteiger partial charge in [-0.3, -0.25) is 14.7 Å². The molecular formula is C20H21BrN3O3+. The number of nitro groups is 1. The molecule has 27 heavy (non-hydrogen) atoms. The summed E-state index contributed by atoms with van der Waals surface area (Å²) >= 11 is 3.46. The summed E-state index contributed by atoms with van der Waals surface area (Å²) < 4.78 is 3.19.